The van der Waals surface area contributed by atoms with E-state index in [0.717, 1.165) is 10.4 Å². The van der Waals surface area contributed by atoms with Crippen LogP contribution in [0.25, 0.3) is 0 Å². The molecule has 0 unspecified atom stereocenters. The number of aromatic nitrogens is 1. The molecule has 0 bridgehead atoms. The predicted molar refractivity (Wildman–Crippen MR) is 74.2 cm³/mol. The molecule has 2 aromatic rings. The number of anilines is 1. The van der Waals surface area contributed by atoms with Crippen LogP contribution in [-0.4, -0.2) is 17.6 Å². The van der Waals surface area contributed by atoms with E-state index in [9.17, 15) is 4.79 Å². The summed E-state index contributed by atoms with van der Waals surface area (Å²) in [5.74, 6) is 6.56. The molecule has 0 aliphatic heterocycles. The summed E-state index contributed by atoms with van der Waals surface area (Å²) in [6.45, 7) is 3.98. The smallest absolute Gasteiger partial charge is 0.267 e. The molecule has 2 aromatic heterocycles. The number of aryl methyl sites for hydroxylation is 2. The van der Waals surface area contributed by atoms with E-state index in [0.29, 0.717) is 23.0 Å². The van der Waals surface area contributed by atoms with Gasteiger partial charge in [-0.1, -0.05) is 17.0 Å². The fourth-order valence-electron chi connectivity index (χ4n) is 1.45. The number of rotatable bonds is 2. The molecule has 0 aromatic carbocycles. The van der Waals surface area contributed by atoms with Crippen molar-refractivity contribution >= 4 is 23.1 Å². The van der Waals surface area contributed by atoms with Crippen LogP contribution in [0.4, 0.5) is 5.82 Å². The number of nitrogens with zero attached hydrogens (tertiary/aromatic N) is 1. The molecule has 1 amide bonds. The summed E-state index contributed by atoms with van der Waals surface area (Å²) in [6, 6.07) is 3.46. The Bertz CT molecular complexity index is 661. The van der Waals surface area contributed by atoms with Crippen LogP contribution in [-0.2, 0) is 0 Å². The summed E-state index contributed by atoms with van der Waals surface area (Å²) in [5, 5.41) is 6.38. The van der Waals surface area contributed by atoms with Crippen molar-refractivity contribution in [2.24, 2.45) is 5.73 Å². The molecule has 5 nitrogen and oxygen atoms in total. The Morgan fingerprint density at radius 3 is 2.95 bits per heavy atom. The van der Waals surface area contributed by atoms with Gasteiger partial charge in [-0.3, -0.25) is 4.79 Å². The minimum absolute atomic E-state index is 0.220. The van der Waals surface area contributed by atoms with Gasteiger partial charge >= 0.3 is 0 Å². The molecule has 0 aliphatic rings. The molecule has 98 valence electrons. The van der Waals surface area contributed by atoms with Gasteiger partial charge in [0.15, 0.2) is 5.82 Å². The van der Waals surface area contributed by atoms with Gasteiger partial charge in [0.05, 0.1) is 16.3 Å². The lowest BCUT2D eigenvalue weighted by atomic mass is 10.2. The van der Waals surface area contributed by atoms with E-state index in [1.54, 1.807) is 19.1 Å². The standard InChI is InChI=1S/C13H13N3O2S/c1-8-6-11(19-10(8)4-3-5-14)13(17)15-12-7-9(2)18-16-12/h6-7H,5,14H2,1-2H3,(H,15,16,17). The van der Waals surface area contributed by atoms with Crippen LogP contribution in [0.3, 0.4) is 0 Å². The highest BCUT2D eigenvalue weighted by atomic mass is 32.1. The minimum Gasteiger partial charge on any atom is -0.360 e. The molecule has 0 fully saturated rings. The molecule has 6 heteroatoms. The van der Waals surface area contributed by atoms with Gasteiger partial charge in [-0.15, -0.1) is 11.3 Å². The number of thiophene rings is 1. The van der Waals surface area contributed by atoms with Gasteiger partial charge in [0.25, 0.3) is 5.91 Å². The number of amides is 1. The molecule has 2 rings (SSSR count). The zero-order valence-corrected chi connectivity index (χ0v) is 11.4. The van der Waals surface area contributed by atoms with Crippen LogP contribution in [0, 0.1) is 25.7 Å². The predicted octanol–water partition coefficient (Wildman–Crippen LogP) is 1.92. The molecule has 19 heavy (non-hydrogen) atoms. The maximum Gasteiger partial charge on any atom is 0.267 e. The molecule has 0 atom stereocenters. The minimum atomic E-state index is -0.220. The van der Waals surface area contributed by atoms with Crippen LogP contribution in [0.1, 0.15) is 25.9 Å². The molecule has 0 spiro atoms. The normalized spacial score (nSPS) is 9.84. The highest BCUT2D eigenvalue weighted by Gasteiger charge is 2.13. The van der Waals surface area contributed by atoms with Gasteiger partial charge in [0.1, 0.15) is 5.76 Å². The maximum absolute atomic E-state index is 12.0. The van der Waals surface area contributed by atoms with Crippen molar-refractivity contribution in [3.63, 3.8) is 0 Å². The molecule has 0 saturated heterocycles. The van der Waals surface area contributed by atoms with Crippen LogP contribution < -0.4 is 11.1 Å². The van der Waals surface area contributed by atoms with Crippen LogP contribution in [0.15, 0.2) is 16.7 Å². The number of hydrogen-bond donors (Lipinski definition) is 2. The third kappa shape index (κ3) is 3.22. The zero-order chi connectivity index (χ0) is 13.8. The van der Waals surface area contributed by atoms with Gasteiger partial charge in [0.2, 0.25) is 0 Å². The first kappa shape index (κ1) is 13.3. The number of nitrogens with two attached hydrogens (primary N) is 1. The van der Waals surface area contributed by atoms with E-state index >= 15 is 0 Å². The first-order valence-electron chi connectivity index (χ1n) is 5.64. The number of carbonyl (C=O) groups excluding carboxylic acids is 1. The highest BCUT2D eigenvalue weighted by molar-refractivity contribution is 7.14. The highest BCUT2D eigenvalue weighted by Crippen LogP contribution is 2.22. The van der Waals surface area contributed by atoms with Gasteiger partial charge < -0.3 is 15.6 Å². The van der Waals surface area contributed by atoms with Crippen LogP contribution in [0.2, 0.25) is 0 Å². The van der Waals surface area contributed by atoms with E-state index in [-0.39, 0.29) is 5.91 Å². The summed E-state index contributed by atoms with van der Waals surface area (Å²) in [4.78, 5) is 13.4. The largest absolute Gasteiger partial charge is 0.360 e. The van der Waals surface area contributed by atoms with Crippen molar-refractivity contribution in [3.8, 4) is 11.8 Å². The quantitative estimate of drug-likeness (QED) is 0.820. The first-order valence-corrected chi connectivity index (χ1v) is 6.46. The number of hydrogen-bond acceptors (Lipinski definition) is 5. The Hall–Kier alpha value is -2.10. The lowest BCUT2D eigenvalue weighted by Crippen LogP contribution is -2.10. The second kappa shape index (κ2) is 5.69. The van der Waals surface area contributed by atoms with Crippen molar-refractivity contribution < 1.29 is 9.32 Å². The van der Waals surface area contributed by atoms with Gasteiger partial charge in [0, 0.05) is 6.07 Å². The molecule has 0 saturated carbocycles. The van der Waals surface area contributed by atoms with Gasteiger partial charge in [-0.25, -0.2) is 0 Å². The number of nitrogens with one attached hydrogen (secondary N) is 1. The SMILES string of the molecule is Cc1cc(NC(=O)c2cc(C)c(C#CCN)s2)no1. The topological polar surface area (TPSA) is 81.2 Å². The lowest BCUT2D eigenvalue weighted by molar-refractivity contribution is 0.102. The average Bonchev–Trinajstić information content (AvgIpc) is 2.93. The second-order valence-corrected chi connectivity index (χ2v) is 4.96. The molecule has 2 heterocycles. The van der Waals surface area contributed by atoms with E-state index in [2.05, 4.69) is 22.3 Å². The van der Waals surface area contributed by atoms with Crippen molar-refractivity contribution in [1.82, 2.24) is 5.16 Å². The molecule has 0 radical (unpaired) electrons. The first-order chi connectivity index (χ1) is 9.10. The van der Waals surface area contributed by atoms with E-state index < -0.39 is 0 Å². The lowest BCUT2D eigenvalue weighted by Gasteiger charge is -1.96. The third-order valence-corrected chi connectivity index (χ3v) is 3.47. The summed E-state index contributed by atoms with van der Waals surface area (Å²) in [7, 11) is 0. The van der Waals surface area contributed by atoms with E-state index in [1.807, 2.05) is 6.92 Å². The fraction of sp³-hybridized carbons (Fsp3) is 0.231. The molecule has 3 N–H and O–H groups in total. The molecular weight excluding hydrogens is 262 g/mol. The van der Waals surface area contributed by atoms with Gasteiger partial charge in [-0.2, -0.15) is 0 Å². The van der Waals surface area contributed by atoms with Crippen molar-refractivity contribution in [3.05, 3.63) is 33.2 Å². The van der Waals surface area contributed by atoms with E-state index in [4.69, 9.17) is 10.3 Å². The third-order valence-electron chi connectivity index (χ3n) is 2.32. The van der Waals surface area contributed by atoms with Gasteiger partial charge in [-0.05, 0) is 25.5 Å². The monoisotopic (exact) mass is 275 g/mol. The Balaban J connectivity index is 2.15. The molecular formula is C13H13N3O2S. The Morgan fingerprint density at radius 2 is 2.32 bits per heavy atom. The average molecular weight is 275 g/mol. The summed E-state index contributed by atoms with van der Waals surface area (Å²) >= 11 is 1.33. The summed E-state index contributed by atoms with van der Waals surface area (Å²) in [5.41, 5.74) is 6.30. The summed E-state index contributed by atoms with van der Waals surface area (Å²) in [6.07, 6.45) is 0. The second-order valence-electron chi connectivity index (χ2n) is 3.91. The Morgan fingerprint density at radius 1 is 1.53 bits per heavy atom. The maximum atomic E-state index is 12.0. The number of carbonyl (C=O) groups is 1. The summed E-state index contributed by atoms with van der Waals surface area (Å²) < 4.78 is 4.89. The fourth-order valence-corrected chi connectivity index (χ4v) is 2.40. The van der Waals surface area contributed by atoms with Crippen molar-refractivity contribution in [2.75, 3.05) is 11.9 Å². The zero-order valence-electron chi connectivity index (χ0n) is 10.6. The molecule has 0 aliphatic carbocycles. The van der Waals surface area contributed by atoms with Crippen molar-refractivity contribution in [2.45, 2.75) is 13.8 Å². The van der Waals surface area contributed by atoms with Crippen molar-refractivity contribution in [1.29, 1.82) is 0 Å². The Labute approximate surface area is 114 Å². The van der Waals surface area contributed by atoms with E-state index in [1.165, 1.54) is 11.3 Å². The van der Waals surface area contributed by atoms with Crippen LogP contribution in [0.5, 0.6) is 0 Å². The Kier molecular flexibility index (Phi) is 4.00. The van der Waals surface area contributed by atoms with Crippen LogP contribution >= 0.6 is 11.3 Å².